The van der Waals surface area contributed by atoms with Crippen LogP contribution in [-0.4, -0.2) is 32.2 Å². The zero-order valence-corrected chi connectivity index (χ0v) is 15.2. The molecule has 0 aliphatic rings. The van der Waals surface area contributed by atoms with Crippen molar-refractivity contribution in [1.82, 2.24) is 15.0 Å². The van der Waals surface area contributed by atoms with Crippen molar-refractivity contribution in [2.75, 3.05) is 11.1 Å². The van der Waals surface area contributed by atoms with Crippen molar-refractivity contribution in [3.8, 4) is 0 Å². The minimum atomic E-state index is -5.08. The van der Waals surface area contributed by atoms with Crippen LogP contribution in [0.2, 0.25) is 0 Å². The summed E-state index contributed by atoms with van der Waals surface area (Å²) in [6, 6.07) is 5.59. The first kappa shape index (κ1) is 19.8. The highest BCUT2D eigenvalue weighted by Gasteiger charge is 2.38. The number of carbonyl (C=O) groups is 1. The number of fused-ring (bicyclic) bond motifs is 1. The molecule has 0 aliphatic heterocycles. The predicted octanol–water partition coefficient (Wildman–Crippen LogP) is 3.68. The molecule has 0 bridgehead atoms. The van der Waals surface area contributed by atoms with Crippen LogP contribution in [0.4, 0.5) is 24.7 Å². The van der Waals surface area contributed by atoms with E-state index in [0.717, 1.165) is 25.5 Å². The number of alkyl halides is 3. The number of nitrogens with one attached hydrogen (secondary N) is 1. The Balaban J connectivity index is 0.000000298. The van der Waals surface area contributed by atoms with Gasteiger partial charge in [-0.15, -0.1) is 11.3 Å². The zero-order valence-electron chi connectivity index (χ0n) is 12.8. The normalized spacial score (nSPS) is 10.9. The number of hydrogen-bond donors (Lipinski definition) is 3. The molecule has 3 aromatic heterocycles. The van der Waals surface area contributed by atoms with E-state index in [1.807, 2.05) is 12.1 Å². The third-order valence-corrected chi connectivity index (χ3v) is 4.44. The summed E-state index contributed by atoms with van der Waals surface area (Å²) >= 11 is 5.06. The van der Waals surface area contributed by atoms with Gasteiger partial charge in [0.2, 0.25) is 0 Å². The van der Waals surface area contributed by atoms with Gasteiger partial charge in [-0.3, -0.25) is 4.98 Å². The van der Waals surface area contributed by atoms with Gasteiger partial charge in [0.05, 0.1) is 26.2 Å². The lowest BCUT2D eigenvalue weighted by Crippen LogP contribution is -2.21. The summed E-state index contributed by atoms with van der Waals surface area (Å²) < 4.78 is 33.8. The zero-order chi connectivity index (χ0) is 19.3. The molecule has 0 aromatic carbocycles. The molecule has 3 aromatic rings. The van der Waals surface area contributed by atoms with Crippen molar-refractivity contribution in [3.05, 3.63) is 40.2 Å². The Bertz CT molecular complexity index is 919. The number of nitrogens with zero attached hydrogens (tertiary/aromatic N) is 3. The molecule has 0 fully saturated rings. The number of aromatic nitrogens is 3. The number of nitrogen functional groups attached to an aromatic ring is 1. The van der Waals surface area contributed by atoms with E-state index in [2.05, 4.69) is 36.2 Å². The van der Waals surface area contributed by atoms with Gasteiger partial charge in [-0.1, -0.05) is 0 Å². The minimum Gasteiger partial charge on any atom is -0.475 e. The molecule has 0 radical (unpaired) electrons. The number of carboxylic acid groups (broad SMARTS) is 1. The van der Waals surface area contributed by atoms with Crippen LogP contribution < -0.4 is 11.1 Å². The summed E-state index contributed by atoms with van der Waals surface area (Å²) in [5.41, 5.74) is 8.23. The van der Waals surface area contributed by atoms with Crippen molar-refractivity contribution >= 4 is 55.0 Å². The van der Waals surface area contributed by atoms with Gasteiger partial charge in [-0.25, -0.2) is 14.8 Å². The average Bonchev–Trinajstić information content (AvgIpc) is 2.93. The quantitative estimate of drug-likeness (QED) is 0.558. The Morgan fingerprint density at radius 1 is 1.31 bits per heavy atom. The number of anilines is 2. The molecule has 3 rings (SSSR count). The number of carboxylic acids is 1. The summed E-state index contributed by atoms with van der Waals surface area (Å²) in [6.45, 7) is 0.576. The van der Waals surface area contributed by atoms with Crippen LogP contribution in [-0.2, 0) is 11.3 Å². The average molecular weight is 450 g/mol. The van der Waals surface area contributed by atoms with Crippen LogP contribution in [0, 0.1) is 0 Å². The van der Waals surface area contributed by atoms with Gasteiger partial charge >= 0.3 is 12.1 Å². The summed E-state index contributed by atoms with van der Waals surface area (Å²) in [5.74, 6) is -1.95. The number of halogens is 4. The molecule has 7 nitrogen and oxygen atoms in total. The number of nitrogens with two attached hydrogens (primary N) is 1. The largest absolute Gasteiger partial charge is 0.490 e. The van der Waals surface area contributed by atoms with Crippen molar-refractivity contribution in [2.45, 2.75) is 12.7 Å². The molecule has 0 saturated carbocycles. The highest BCUT2D eigenvalue weighted by molar-refractivity contribution is 9.11. The fourth-order valence-electron chi connectivity index (χ4n) is 1.72. The fraction of sp³-hybridized carbons (Fsp3) is 0.143. The summed E-state index contributed by atoms with van der Waals surface area (Å²) in [4.78, 5) is 21.6. The molecule has 4 N–H and O–H groups in total. The van der Waals surface area contributed by atoms with Gasteiger partial charge in [-0.2, -0.15) is 13.2 Å². The topological polar surface area (TPSA) is 114 Å². The lowest BCUT2D eigenvalue weighted by atomic mass is 10.3. The van der Waals surface area contributed by atoms with Gasteiger partial charge in [0.1, 0.15) is 12.1 Å². The number of thiophene rings is 1. The van der Waals surface area contributed by atoms with Crippen LogP contribution in [0.1, 0.15) is 5.69 Å². The van der Waals surface area contributed by atoms with Gasteiger partial charge in [0, 0.05) is 11.9 Å². The Hall–Kier alpha value is -2.47. The molecule has 0 spiro atoms. The van der Waals surface area contributed by atoms with E-state index in [1.54, 1.807) is 29.9 Å². The van der Waals surface area contributed by atoms with Crippen molar-refractivity contribution in [1.29, 1.82) is 0 Å². The molecular formula is C14H11BrF3N5O2S. The maximum absolute atomic E-state index is 10.6. The van der Waals surface area contributed by atoms with Crippen LogP contribution in [0.3, 0.4) is 0 Å². The second-order valence-corrected chi connectivity index (χ2v) is 7.16. The lowest BCUT2D eigenvalue weighted by Gasteiger charge is -2.06. The Morgan fingerprint density at radius 2 is 2.00 bits per heavy atom. The van der Waals surface area contributed by atoms with E-state index < -0.39 is 12.1 Å². The molecule has 26 heavy (non-hydrogen) atoms. The number of rotatable bonds is 3. The fourth-order valence-corrected chi connectivity index (χ4v) is 3.22. The minimum absolute atomic E-state index is 0.576. The van der Waals surface area contributed by atoms with E-state index >= 15 is 0 Å². The number of aliphatic carboxylic acids is 1. The predicted molar refractivity (Wildman–Crippen MR) is 94.8 cm³/mol. The van der Waals surface area contributed by atoms with Crippen LogP contribution in [0.25, 0.3) is 10.2 Å². The summed E-state index contributed by atoms with van der Waals surface area (Å²) in [7, 11) is 0. The molecule has 0 aliphatic carbocycles. The first-order valence-electron chi connectivity index (χ1n) is 6.81. The highest BCUT2D eigenvalue weighted by atomic mass is 79.9. The van der Waals surface area contributed by atoms with Crippen LogP contribution >= 0.6 is 27.3 Å². The van der Waals surface area contributed by atoms with Gasteiger partial charge in [0.15, 0.2) is 0 Å². The molecule has 3 heterocycles. The molecule has 138 valence electrons. The lowest BCUT2D eigenvalue weighted by molar-refractivity contribution is -0.192. The Labute approximate surface area is 157 Å². The van der Waals surface area contributed by atoms with Crippen molar-refractivity contribution < 1.29 is 23.1 Å². The molecule has 0 amide bonds. The van der Waals surface area contributed by atoms with E-state index in [9.17, 15) is 13.2 Å². The first-order valence-corrected chi connectivity index (χ1v) is 8.42. The second kappa shape index (κ2) is 8.27. The van der Waals surface area contributed by atoms with Gasteiger partial charge in [0.25, 0.3) is 0 Å². The Morgan fingerprint density at radius 3 is 2.62 bits per heavy atom. The van der Waals surface area contributed by atoms with Crippen molar-refractivity contribution in [2.24, 2.45) is 0 Å². The molecular weight excluding hydrogens is 439 g/mol. The molecule has 0 unspecified atom stereocenters. The van der Waals surface area contributed by atoms with E-state index in [1.165, 1.54) is 0 Å². The van der Waals surface area contributed by atoms with E-state index in [-0.39, 0.29) is 0 Å². The van der Waals surface area contributed by atoms with E-state index in [4.69, 9.17) is 15.6 Å². The smallest absolute Gasteiger partial charge is 0.475 e. The first-order chi connectivity index (χ1) is 12.2. The van der Waals surface area contributed by atoms with Crippen molar-refractivity contribution in [3.63, 3.8) is 0 Å². The summed E-state index contributed by atoms with van der Waals surface area (Å²) in [5, 5.41) is 10.4. The standard InChI is InChI=1S/C12H10BrN5S.C2HF3O2/c13-10-4-9-11(19-10)12(18-6-17-9)16-5-8-3-7(14)1-2-15-8;3-2(4,5)1(6)7/h1-4,6H,5H2,(H2,14,15)(H,16,17,18);(H,6,7). The highest BCUT2D eigenvalue weighted by Crippen LogP contribution is 2.32. The van der Waals surface area contributed by atoms with Gasteiger partial charge < -0.3 is 16.2 Å². The number of hydrogen-bond acceptors (Lipinski definition) is 7. The van der Waals surface area contributed by atoms with Crippen LogP contribution in [0.15, 0.2) is 34.5 Å². The SMILES string of the molecule is Nc1ccnc(CNc2ncnc3cc(Br)sc23)c1.O=C(O)C(F)(F)F. The monoisotopic (exact) mass is 449 g/mol. The molecule has 12 heteroatoms. The van der Waals surface area contributed by atoms with E-state index in [0.29, 0.717) is 12.2 Å². The third-order valence-electron chi connectivity index (χ3n) is 2.80. The molecule has 0 atom stereocenters. The maximum atomic E-state index is 10.6. The number of pyridine rings is 1. The maximum Gasteiger partial charge on any atom is 0.490 e. The van der Waals surface area contributed by atoms with Crippen LogP contribution in [0.5, 0.6) is 0 Å². The third kappa shape index (κ3) is 5.52. The van der Waals surface area contributed by atoms with Gasteiger partial charge in [-0.05, 0) is 34.1 Å². The second-order valence-electron chi connectivity index (χ2n) is 4.72. The molecule has 0 saturated heterocycles. The Kier molecular flexibility index (Phi) is 6.32. The summed E-state index contributed by atoms with van der Waals surface area (Å²) in [6.07, 6.45) is -1.83.